The molecule has 0 atom stereocenters. The summed E-state index contributed by atoms with van der Waals surface area (Å²) in [6, 6.07) is 7.50. The van der Waals surface area contributed by atoms with Crippen LogP contribution in [0.3, 0.4) is 0 Å². The zero-order valence-corrected chi connectivity index (χ0v) is 13.5. The third-order valence-electron chi connectivity index (χ3n) is 3.18. The lowest BCUT2D eigenvalue weighted by Crippen LogP contribution is -2.29. The van der Waals surface area contributed by atoms with E-state index in [1.165, 1.54) is 0 Å². The SMILES string of the molecule is CCCN(CCC)CCC(=O)Nc1ccc(OCC)cc1. The molecule has 1 aromatic carbocycles. The van der Waals surface area contributed by atoms with Crippen molar-refractivity contribution >= 4 is 11.6 Å². The number of nitrogens with zero attached hydrogens (tertiary/aromatic N) is 1. The Morgan fingerprint density at radius 3 is 2.19 bits per heavy atom. The van der Waals surface area contributed by atoms with Crippen molar-refractivity contribution in [2.24, 2.45) is 0 Å². The van der Waals surface area contributed by atoms with Gasteiger partial charge in [0.05, 0.1) is 6.61 Å². The topological polar surface area (TPSA) is 41.6 Å². The van der Waals surface area contributed by atoms with Gasteiger partial charge in [-0.2, -0.15) is 0 Å². The number of rotatable bonds is 10. The van der Waals surface area contributed by atoms with Gasteiger partial charge in [-0.25, -0.2) is 0 Å². The van der Waals surface area contributed by atoms with Gasteiger partial charge in [0.1, 0.15) is 5.75 Å². The quantitative estimate of drug-likeness (QED) is 0.717. The summed E-state index contributed by atoms with van der Waals surface area (Å²) in [7, 11) is 0. The lowest BCUT2D eigenvalue weighted by atomic mass is 10.2. The highest BCUT2D eigenvalue weighted by Crippen LogP contribution is 2.15. The summed E-state index contributed by atoms with van der Waals surface area (Å²) in [4.78, 5) is 14.3. The van der Waals surface area contributed by atoms with E-state index in [2.05, 4.69) is 24.1 Å². The molecule has 0 spiro atoms. The lowest BCUT2D eigenvalue weighted by Gasteiger charge is -2.20. The molecule has 21 heavy (non-hydrogen) atoms. The van der Waals surface area contributed by atoms with Crippen molar-refractivity contribution in [1.29, 1.82) is 0 Å². The monoisotopic (exact) mass is 292 g/mol. The Balaban J connectivity index is 2.38. The first kappa shape index (κ1) is 17.5. The Morgan fingerprint density at radius 2 is 1.67 bits per heavy atom. The van der Waals surface area contributed by atoms with E-state index >= 15 is 0 Å². The van der Waals surface area contributed by atoms with Gasteiger partial charge in [-0.05, 0) is 57.1 Å². The molecule has 0 aliphatic rings. The maximum absolute atomic E-state index is 12.0. The van der Waals surface area contributed by atoms with Crippen LogP contribution in [0.2, 0.25) is 0 Å². The average molecular weight is 292 g/mol. The van der Waals surface area contributed by atoms with Gasteiger partial charge in [-0.15, -0.1) is 0 Å². The Morgan fingerprint density at radius 1 is 1.05 bits per heavy atom. The summed E-state index contributed by atoms with van der Waals surface area (Å²) in [6.07, 6.45) is 2.79. The number of carbonyl (C=O) groups is 1. The largest absolute Gasteiger partial charge is 0.494 e. The van der Waals surface area contributed by atoms with Gasteiger partial charge in [0.15, 0.2) is 0 Å². The maximum atomic E-state index is 12.0. The Bertz CT molecular complexity index is 398. The Hall–Kier alpha value is -1.55. The zero-order valence-electron chi connectivity index (χ0n) is 13.5. The van der Waals surface area contributed by atoms with Gasteiger partial charge in [-0.1, -0.05) is 13.8 Å². The minimum absolute atomic E-state index is 0.0661. The fourth-order valence-electron chi connectivity index (χ4n) is 2.25. The van der Waals surface area contributed by atoms with E-state index in [9.17, 15) is 4.79 Å². The van der Waals surface area contributed by atoms with Crippen LogP contribution in [0.4, 0.5) is 5.69 Å². The van der Waals surface area contributed by atoms with Gasteiger partial charge < -0.3 is 15.0 Å². The first-order chi connectivity index (χ1) is 10.2. The predicted octanol–water partition coefficient (Wildman–Crippen LogP) is 3.54. The molecule has 0 aliphatic carbocycles. The second-order valence-corrected chi connectivity index (χ2v) is 5.10. The number of anilines is 1. The number of benzene rings is 1. The number of hydrogen-bond donors (Lipinski definition) is 1. The molecule has 4 heteroatoms. The molecule has 0 saturated heterocycles. The van der Waals surface area contributed by atoms with E-state index in [0.29, 0.717) is 13.0 Å². The molecule has 0 aromatic heterocycles. The van der Waals surface area contributed by atoms with Crippen LogP contribution in [0.1, 0.15) is 40.0 Å². The van der Waals surface area contributed by atoms with E-state index in [1.807, 2.05) is 31.2 Å². The summed E-state index contributed by atoms with van der Waals surface area (Å²) in [5.74, 6) is 0.893. The average Bonchev–Trinajstić information content (AvgIpc) is 2.48. The van der Waals surface area contributed by atoms with Crippen LogP contribution in [0.25, 0.3) is 0 Å². The van der Waals surface area contributed by atoms with Crippen LogP contribution in [0, 0.1) is 0 Å². The van der Waals surface area contributed by atoms with Crippen LogP contribution in [-0.2, 0) is 4.79 Å². The maximum Gasteiger partial charge on any atom is 0.225 e. The molecule has 1 aromatic rings. The molecule has 4 nitrogen and oxygen atoms in total. The van der Waals surface area contributed by atoms with Crippen LogP contribution >= 0.6 is 0 Å². The second-order valence-electron chi connectivity index (χ2n) is 5.10. The van der Waals surface area contributed by atoms with E-state index < -0.39 is 0 Å². The summed E-state index contributed by atoms with van der Waals surface area (Å²) in [5.41, 5.74) is 0.820. The minimum Gasteiger partial charge on any atom is -0.494 e. The molecule has 118 valence electrons. The van der Waals surface area contributed by atoms with Gasteiger partial charge in [0.25, 0.3) is 0 Å². The highest BCUT2D eigenvalue weighted by atomic mass is 16.5. The van der Waals surface area contributed by atoms with E-state index in [4.69, 9.17) is 4.74 Å². The number of nitrogens with one attached hydrogen (secondary N) is 1. The number of ether oxygens (including phenoxy) is 1. The minimum atomic E-state index is 0.0661. The molecular weight excluding hydrogens is 264 g/mol. The van der Waals surface area contributed by atoms with Gasteiger partial charge in [0, 0.05) is 18.7 Å². The van der Waals surface area contributed by atoms with E-state index in [0.717, 1.165) is 43.9 Å². The number of amides is 1. The molecule has 0 fully saturated rings. The highest BCUT2D eigenvalue weighted by molar-refractivity contribution is 5.90. The molecule has 1 N–H and O–H groups in total. The molecule has 0 aliphatic heterocycles. The van der Waals surface area contributed by atoms with Crippen molar-refractivity contribution in [2.75, 3.05) is 31.6 Å². The number of carbonyl (C=O) groups excluding carboxylic acids is 1. The lowest BCUT2D eigenvalue weighted by molar-refractivity contribution is -0.116. The number of hydrogen-bond acceptors (Lipinski definition) is 3. The third-order valence-corrected chi connectivity index (χ3v) is 3.18. The zero-order chi connectivity index (χ0) is 15.5. The molecular formula is C17H28N2O2. The Labute approximate surface area is 128 Å². The molecule has 0 unspecified atom stereocenters. The molecule has 1 amide bonds. The summed E-state index contributed by atoms with van der Waals surface area (Å²) < 4.78 is 5.38. The van der Waals surface area contributed by atoms with Crippen molar-refractivity contribution < 1.29 is 9.53 Å². The van der Waals surface area contributed by atoms with Crippen molar-refractivity contribution in [3.63, 3.8) is 0 Å². The fraction of sp³-hybridized carbons (Fsp3) is 0.588. The van der Waals surface area contributed by atoms with Crippen molar-refractivity contribution in [3.05, 3.63) is 24.3 Å². The molecule has 0 radical (unpaired) electrons. The van der Waals surface area contributed by atoms with Gasteiger partial charge in [0.2, 0.25) is 5.91 Å². The van der Waals surface area contributed by atoms with Gasteiger partial charge >= 0.3 is 0 Å². The van der Waals surface area contributed by atoms with Gasteiger partial charge in [-0.3, -0.25) is 4.79 Å². The molecule has 1 rings (SSSR count). The van der Waals surface area contributed by atoms with Crippen molar-refractivity contribution in [3.8, 4) is 5.75 Å². The normalized spacial score (nSPS) is 10.7. The summed E-state index contributed by atoms with van der Waals surface area (Å²) in [5, 5.41) is 2.93. The third kappa shape index (κ3) is 7.14. The molecule has 0 bridgehead atoms. The van der Waals surface area contributed by atoms with Crippen molar-refractivity contribution in [1.82, 2.24) is 4.90 Å². The smallest absolute Gasteiger partial charge is 0.225 e. The molecule has 0 saturated carbocycles. The highest BCUT2D eigenvalue weighted by Gasteiger charge is 2.07. The summed E-state index contributed by atoms with van der Waals surface area (Å²) >= 11 is 0. The van der Waals surface area contributed by atoms with Crippen LogP contribution in [0.5, 0.6) is 5.75 Å². The first-order valence-electron chi connectivity index (χ1n) is 7.94. The van der Waals surface area contributed by atoms with E-state index in [1.54, 1.807) is 0 Å². The summed E-state index contributed by atoms with van der Waals surface area (Å²) in [6.45, 7) is 9.88. The van der Waals surface area contributed by atoms with Crippen LogP contribution in [0.15, 0.2) is 24.3 Å². The predicted molar refractivity (Wildman–Crippen MR) is 87.9 cm³/mol. The fourth-order valence-corrected chi connectivity index (χ4v) is 2.25. The standard InChI is InChI=1S/C17H28N2O2/c1-4-12-19(13-5-2)14-11-17(20)18-15-7-9-16(10-8-15)21-6-3/h7-10H,4-6,11-14H2,1-3H3,(H,18,20). The van der Waals surface area contributed by atoms with Crippen LogP contribution in [-0.4, -0.2) is 37.0 Å². The van der Waals surface area contributed by atoms with E-state index in [-0.39, 0.29) is 5.91 Å². The first-order valence-corrected chi connectivity index (χ1v) is 7.94. The Kier molecular flexibility index (Phi) is 8.51. The van der Waals surface area contributed by atoms with Crippen molar-refractivity contribution in [2.45, 2.75) is 40.0 Å². The second kappa shape index (κ2) is 10.2. The van der Waals surface area contributed by atoms with Crippen LogP contribution < -0.4 is 10.1 Å². The molecule has 0 heterocycles.